The van der Waals surface area contributed by atoms with Gasteiger partial charge in [-0.3, -0.25) is 9.59 Å². The van der Waals surface area contributed by atoms with Crippen molar-refractivity contribution in [1.29, 1.82) is 0 Å². The van der Waals surface area contributed by atoms with E-state index in [0.717, 1.165) is 31.5 Å². The third-order valence-corrected chi connectivity index (χ3v) is 4.41. The van der Waals surface area contributed by atoms with Crippen molar-refractivity contribution in [2.45, 2.75) is 33.2 Å². The minimum Gasteiger partial charge on any atom is -0.348 e. The topological polar surface area (TPSA) is 49.4 Å². The SMILES string of the molecule is CCCN(CCC)C(=O)c1cccc(C(=O)NCc2ccccc2Cl)c1. The lowest BCUT2D eigenvalue weighted by Gasteiger charge is -2.21. The van der Waals surface area contributed by atoms with Crippen molar-refractivity contribution < 1.29 is 9.59 Å². The molecular weight excluding hydrogens is 348 g/mol. The van der Waals surface area contributed by atoms with Crippen LogP contribution in [0.3, 0.4) is 0 Å². The molecule has 4 nitrogen and oxygen atoms in total. The van der Waals surface area contributed by atoms with E-state index in [1.165, 1.54) is 0 Å². The summed E-state index contributed by atoms with van der Waals surface area (Å²) < 4.78 is 0. The Bertz CT molecular complexity index is 755. The highest BCUT2D eigenvalue weighted by atomic mass is 35.5. The van der Waals surface area contributed by atoms with E-state index in [1.54, 1.807) is 30.3 Å². The standard InChI is InChI=1S/C21H25ClN2O2/c1-3-12-24(13-4-2)21(26)17-10-7-9-16(14-17)20(25)23-15-18-8-5-6-11-19(18)22/h5-11,14H,3-4,12-13,15H2,1-2H3,(H,23,25). The summed E-state index contributed by atoms with van der Waals surface area (Å²) >= 11 is 6.11. The molecule has 0 unspecified atom stereocenters. The Kier molecular flexibility index (Phi) is 7.67. The predicted octanol–water partition coefficient (Wildman–Crippen LogP) is 4.53. The molecule has 0 atom stereocenters. The van der Waals surface area contributed by atoms with Crippen LogP contribution in [0.4, 0.5) is 0 Å². The van der Waals surface area contributed by atoms with Crippen LogP contribution < -0.4 is 5.32 Å². The minimum absolute atomic E-state index is 0.0329. The van der Waals surface area contributed by atoms with E-state index in [2.05, 4.69) is 19.2 Å². The number of nitrogens with zero attached hydrogens (tertiary/aromatic N) is 1. The highest BCUT2D eigenvalue weighted by Gasteiger charge is 2.16. The summed E-state index contributed by atoms with van der Waals surface area (Å²) in [5.41, 5.74) is 1.86. The van der Waals surface area contributed by atoms with Crippen LogP contribution >= 0.6 is 11.6 Å². The number of hydrogen-bond donors (Lipinski definition) is 1. The Morgan fingerprint density at radius 3 is 2.27 bits per heavy atom. The zero-order chi connectivity index (χ0) is 18.9. The van der Waals surface area contributed by atoms with Gasteiger partial charge in [-0.05, 0) is 42.7 Å². The molecule has 2 rings (SSSR count). The fourth-order valence-corrected chi connectivity index (χ4v) is 2.95. The van der Waals surface area contributed by atoms with Gasteiger partial charge < -0.3 is 10.2 Å². The van der Waals surface area contributed by atoms with Gasteiger partial charge in [0.05, 0.1) is 0 Å². The van der Waals surface area contributed by atoms with Gasteiger partial charge in [0.1, 0.15) is 0 Å². The maximum atomic E-state index is 12.7. The van der Waals surface area contributed by atoms with Crippen molar-refractivity contribution in [3.05, 3.63) is 70.2 Å². The van der Waals surface area contributed by atoms with E-state index in [1.807, 2.05) is 23.1 Å². The summed E-state index contributed by atoms with van der Waals surface area (Å²) in [5, 5.41) is 3.47. The monoisotopic (exact) mass is 372 g/mol. The van der Waals surface area contributed by atoms with Gasteiger partial charge in [0.25, 0.3) is 11.8 Å². The van der Waals surface area contributed by atoms with Gasteiger partial charge in [-0.25, -0.2) is 0 Å². The Labute approximate surface area is 160 Å². The van der Waals surface area contributed by atoms with Crippen molar-refractivity contribution >= 4 is 23.4 Å². The van der Waals surface area contributed by atoms with E-state index in [0.29, 0.717) is 22.7 Å². The zero-order valence-corrected chi connectivity index (χ0v) is 16.1. The highest BCUT2D eigenvalue weighted by molar-refractivity contribution is 6.31. The number of benzene rings is 2. The molecule has 0 bridgehead atoms. The van der Waals surface area contributed by atoms with Crippen LogP contribution in [0.1, 0.15) is 53.0 Å². The summed E-state index contributed by atoms with van der Waals surface area (Å²) in [5.74, 6) is -0.258. The lowest BCUT2D eigenvalue weighted by atomic mass is 10.1. The predicted molar refractivity (Wildman–Crippen MR) is 106 cm³/mol. The molecule has 2 aromatic rings. The average Bonchev–Trinajstić information content (AvgIpc) is 2.66. The molecule has 0 aromatic heterocycles. The number of amides is 2. The van der Waals surface area contributed by atoms with Gasteiger partial charge in [-0.15, -0.1) is 0 Å². The molecule has 26 heavy (non-hydrogen) atoms. The molecule has 5 heteroatoms. The third-order valence-electron chi connectivity index (χ3n) is 4.04. The maximum absolute atomic E-state index is 12.7. The van der Waals surface area contributed by atoms with Crippen LogP contribution in [-0.2, 0) is 6.54 Å². The number of carbonyl (C=O) groups is 2. The van der Waals surface area contributed by atoms with Crippen LogP contribution in [0, 0.1) is 0 Å². The number of rotatable bonds is 8. The molecule has 138 valence electrons. The number of hydrogen-bond acceptors (Lipinski definition) is 2. The van der Waals surface area contributed by atoms with Gasteiger partial charge in [0.15, 0.2) is 0 Å². The van der Waals surface area contributed by atoms with Crippen LogP contribution in [0.15, 0.2) is 48.5 Å². The first-order valence-electron chi connectivity index (χ1n) is 8.97. The van der Waals surface area contributed by atoms with E-state index in [4.69, 9.17) is 11.6 Å². The smallest absolute Gasteiger partial charge is 0.253 e. The molecule has 2 amide bonds. The van der Waals surface area contributed by atoms with Gasteiger partial charge in [-0.1, -0.05) is 49.7 Å². The van der Waals surface area contributed by atoms with Crippen LogP contribution in [0.5, 0.6) is 0 Å². The fraction of sp³-hybridized carbons (Fsp3) is 0.333. The summed E-state index contributed by atoms with van der Waals surface area (Å²) in [4.78, 5) is 27.0. The Morgan fingerprint density at radius 2 is 1.62 bits per heavy atom. The number of carbonyl (C=O) groups excluding carboxylic acids is 2. The lowest BCUT2D eigenvalue weighted by molar-refractivity contribution is 0.0755. The first-order chi connectivity index (χ1) is 12.6. The first kappa shape index (κ1) is 20.0. The van der Waals surface area contributed by atoms with Crippen LogP contribution in [0.2, 0.25) is 5.02 Å². The second-order valence-corrected chi connectivity index (χ2v) is 6.55. The Hall–Kier alpha value is -2.33. The van der Waals surface area contributed by atoms with E-state index < -0.39 is 0 Å². The minimum atomic E-state index is -0.225. The maximum Gasteiger partial charge on any atom is 0.253 e. The van der Waals surface area contributed by atoms with Crippen LogP contribution in [-0.4, -0.2) is 29.8 Å². The molecule has 1 N–H and O–H groups in total. The molecule has 0 aliphatic rings. The van der Waals surface area contributed by atoms with Crippen molar-refractivity contribution in [3.8, 4) is 0 Å². The van der Waals surface area contributed by atoms with Crippen molar-refractivity contribution in [3.63, 3.8) is 0 Å². The van der Waals surface area contributed by atoms with Crippen molar-refractivity contribution in [1.82, 2.24) is 10.2 Å². The quantitative estimate of drug-likeness (QED) is 0.739. The second kappa shape index (κ2) is 9.97. The zero-order valence-electron chi connectivity index (χ0n) is 15.3. The summed E-state index contributed by atoms with van der Waals surface area (Å²) in [6.07, 6.45) is 1.81. The summed E-state index contributed by atoms with van der Waals surface area (Å²) in [6.45, 7) is 5.88. The molecule has 0 saturated heterocycles. The van der Waals surface area contributed by atoms with Crippen molar-refractivity contribution in [2.24, 2.45) is 0 Å². The Morgan fingerprint density at radius 1 is 0.962 bits per heavy atom. The summed E-state index contributed by atoms with van der Waals surface area (Å²) in [7, 11) is 0. The first-order valence-corrected chi connectivity index (χ1v) is 9.35. The van der Waals surface area contributed by atoms with E-state index in [9.17, 15) is 9.59 Å². The molecule has 2 aromatic carbocycles. The highest BCUT2D eigenvalue weighted by Crippen LogP contribution is 2.15. The molecule has 0 saturated carbocycles. The average molecular weight is 373 g/mol. The van der Waals surface area contributed by atoms with Gasteiger partial charge in [0.2, 0.25) is 0 Å². The molecule has 0 radical (unpaired) electrons. The number of halogens is 1. The molecule has 0 aliphatic heterocycles. The number of nitrogens with one attached hydrogen (secondary N) is 1. The molecule has 0 fully saturated rings. The molecule has 0 heterocycles. The van der Waals surface area contributed by atoms with Gasteiger partial charge >= 0.3 is 0 Å². The largest absolute Gasteiger partial charge is 0.348 e. The third kappa shape index (κ3) is 5.33. The fourth-order valence-electron chi connectivity index (χ4n) is 2.75. The lowest BCUT2D eigenvalue weighted by Crippen LogP contribution is -2.32. The van der Waals surface area contributed by atoms with Gasteiger partial charge in [0, 0.05) is 35.8 Å². The molecule has 0 aliphatic carbocycles. The Balaban J connectivity index is 2.08. The summed E-state index contributed by atoms with van der Waals surface area (Å²) in [6, 6.07) is 14.3. The van der Waals surface area contributed by atoms with Crippen LogP contribution in [0.25, 0.3) is 0 Å². The second-order valence-electron chi connectivity index (χ2n) is 6.15. The van der Waals surface area contributed by atoms with Gasteiger partial charge in [-0.2, -0.15) is 0 Å². The van der Waals surface area contributed by atoms with E-state index in [-0.39, 0.29) is 11.8 Å². The molecule has 0 spiro atoms. The van der Waals surface area contributed by atoms with E-state index >= 15 is 0 Å². The van der Waals surface area contributed by atoms with Crippen molar-refractivity contribution in [2.75, 3.05) is 13.1 Å². The normalized spacial score (nSPS) is 10.4. The molecular formula is C21H25ClN2O2.